The highest BCUT2D eigenvalue weighted by Gasteiger charge is 1.96. The van der Waals surface area contributed by atoms with Crippen LogP contribution in [0.1, 0.15) is 17.5 Å². The average molecular weight is 314 g/mol. The molecule has 0 amide bonds. The van der Waals surface area contributed by atoms with Gasteiger partial charge in [0.1, 0.15) is 0 Å². The van der Waals surface area contributed by atoms with Crippen LogP contribution in [0.5, 0.6) is 0 Å². The van der Waals surface area contributed by atoms with Crippen molar-refractivity contribution < 1.29 is 8.76 Å². The fourth-order valence-electron chi connectivity index (χ4n) is 2.02. The fraction of sp³-hybridized carbons (Fsp3) is 0.188. The number of aryl methyl sites for hydroxylation is 1. The van der Waals surface area contributed by atoms with Gasteiger partial charge in [-0.2, -0.15) is 5.26 Å². The van der Waals surface area contributed by atoms with Gasteiger partial charge in [0.2, 0.25) is 0 Å². The SMILES string of the molecule is N#Cc1ccc(CCCNc2ccc(NS(=O)[O-])cc2)cc1. The third-order valence-electron chi connectivity index (χ3n) is 3.14. The van der Waals surface area contributed by atoms with Gasteiger partial charge in [-0.05, 0) is 54.8 Å². The summed E-state index contributed by atoms with van der Waals surface area (Å²) in [6, 6.07) is 16.8. The van der Waals surface area contributed by atoms with Gasteiger partial charge in [-0.3, -0.25) is 4.21 Å². The lowest BCUT2D eigenvalue weighted by Gasteiger charge is -2.10. The predicted molar refractivity (Wildman–Crippen MR) is 87.0 cm³/mol. The molecule has 114 valence electrons. The summed E-state index contributed by atoms with van der Waals surface area (Å²) in [4.78, 5) is 0. The number of hydrogen-bond acceptors (Lipinski definition) is 4. The van der Waals surface area contributed by atoms with Crippen molar-refractivity contribution in [2.75, 3.05) is 16.6 Å². The first kappa shape index (κ1) is 16.0. The molecule has 2 rings (SSSR count). The second-order valence-corrected chi connectivity index (χ2v) is 5.43. The Bertz CT molecular complexity index is 663. The Morgan fingerprint density at radius 3 is 2.27 bits per heavy atom. The Morgan fingerprint density at radius 1 is 1.05 bits per heavy atom. The molecule has 0 aliphatic carbocycles. The smallest absolute Gasteiger partial charge is 0.0991 e. The van der Waals surface area contributed by atoms with E-state index in [9.17, 15) is 8.76 Å². The summed E-state index contributed by atoms with van der Waals surface area (Å²) in [6.07, 6.45) is 1.91. The third-order valence-corrected chi connectivity index (χ3v) is 3.54. The van der Waals surface area contributed by atoms with E-state index in [1.54, 1.807) is 12.1 Å². The molecule has 0 bridgehead atoms. The lowest BCUT2D eigenvalue weighted by atomic mass is 10.1. The summed E-state index contributed by atoms with van der Waals surface area (Å²) < 4.78 is 23.3. The van der Waals surface area contributed by atoms with Gasteiger partial charge < -0.3 is 14.6 Å². The van der Waals surface area contributed by atoms with Crippen LogP contribution in [-0.2, 0) is 17.7 Å². The standard InChI is InChI=1S/C16H17N3O2S/c17-12-14-5-3-13(4-6-14)2-1-11-18-15-7-9-16(10-8-15)19-22(20)21/h3-10,18-19H,1-2,11H2,(H,20,21)/p-1. The van der Waals surface area contributed by atoms with Gasteiger partial charge >= 0.3 is 0 Å². The molecule has 6 heteroatoms. The van der Waals surface area contributed by atoms with Crippen LogP contribution in [-0.4, -0.2) is 15.3 Å². The number of anilines is 2. The molecule has 1 atom stereocenters. The van der Waals surface area contributed by atoms with Crippen molar-refractivity contribution in [2.24, 2.45) is 0 Å². The molecular formula is C16H16N3O2S-. The molecule has 2 aromatic carbocycles. The highest BCUT2D eigenvalue weighted by atomic mass is 32.2. The van der Waals surface area contributed by atoms with E-state index in [4.69, 9.17) is 5.26 Å². The van der Waals surface area contributed by atoms with Crippen molar-refractivity contribution in [3.63, 3.8) is 0 Å². The Morgan fingerprint density at radius 2 is 1.68 bits per heavy atom. The summed E-state index contributed by atoms with van der Waals surface area (Å²) in [5.74, 6) is 0. The molecule has 22 heavy (non-hydrogen) atoms. The van der Waals surface area contributed by atoms with Gasteiger partial charge in [-0.25, -0.2) is 0 Å². The Hall–Kier alpha value is -2.36. The molecule has 0 spiro atoms. The van der Waals surface area contributed by atoms with Crippen LogP contribution in [0.3, 0.4) is 0 Å². The van der Waals surface area contributed by atoms with Gasteiger partial charge in [-0.1, -0.05) is 12.1 Å². The minimum atomic E-state index is -2.29. The molecule has 0 heterocycles. The topological polar surface area (TPSA) is 88.0 Å². The van der Waals surface area contributed by atoms with E-state index in [1.165, 1.54) is 5.56 Å². The first-order valence-electron chi connectivity index (χ1n) is 6.86. The normalized spacial score (nSPS) is 11.5. The number of rotatable bonds is 7. The van der Waals surface area contributed by atoms with Crippen molar-refractivity contribution in [3.8, 4) is 6.07 Å². The predicted octanol–water partition coefficient (Wildman–Crippen LogP) is 2.81. The summed E-state index contributed by atoms with van der Waals surface area (Å²) in [5, 5.41) is 12.0. The molecule has 5 nitrogen and oxygen atoms in total. The highest BCUT2D eigenvalue weighted by Crippen LogP contribution is 2.14. The molecule has 2 N–H and O–H groups in total. The van der Waals surface area contributed by atoms with E-state index in [0.717, 1.165) is 25.1 Å². The summed E-state index contributed by atoms with van der Waals surface area (Å²) in [6.45, 7) is 0.820. The van der Waals surface area contributed by atoms with Crippen LogP contribution in [0.4, 0.5) is 11.4 Å². The number of nitrogens with zero attached hydrogens (tertiary/aromatic N) is 1. The molecule has 2 aromatic rings. The summed E-state index contributed by atoms with van der Waals surface area (Å²) in [7, 11) is 0. The van der Waals surface area contributed by atoms with Crippen molar-refractivity contribution in [3.05, 3.63) is 59.7 Å². The van der Waals surface area contributed by atoms with Gasteiger partial charge in [0.05, 0.1) is 11.6 Å². The molecule has 0 saturated carbocycles. The zero-order valence-electron chi connectivity index (χ0n) is 11.9. The molecular weight excluding hydrogens is 298 g/mol. The second-order valence-electron chi connectivity index (χ2n) is 4.75. The highest BCUT2D eigenvalue weighted by molar-refractivity contribution is 7.80. The maximum atomic E-state index is 10.5. The Labute approximate surface area is 132 Å². The quantitative estimate of drug-likeness (QED) is 0.607. The molecule has 0 fully saturated rings. The van der Waals surface area contributed by atoms with Crippen LogP contribution >= 0.6 is 0 Å². The van der Waals surface area contributed by atoms with Crippen LogP contribution in [0, 0.1) is 11.3 Å². The van der Waals surface area contributed by atoms with Crippen molar-refractivity contribution in [2.45, 2.75) is 12.8 Å². The minimum Gasteiger partial charge on any atom is -0.755 e. The monoisotopic (exact) mass is 314 g/mol. The molecule has 0 aromatic heterocycles. The van der Waals surface area contributed by atoms with E-state index < -0.39 is 11.3 Å². The van der Waals surface area contributed by atoms with Crippen molar-refractivity contribution in [1.82, 2.24) is 0 Å². The number of nitriles is 1. The van der Waals surface area contributed by atoms with Gasteiger partial charge in [0, 0.05) is 29.2 Å². The van der Waals surface area contributed by atoms with E-state index in [1.807, 2.05) is 36.4 Å². The summed E-state index contributed by atoms with van der Waals surface area (Å²) >= 11 is -2.29. The van der Waals surface area contributed by atoms with Gasteiger partial charge in [0.25, 0.3) is 0 Å². The molecule has 1 unspecified atom stereocenters. The lowest BCUT2D eigenvalue weighted by Crippen LogP contribution is -2.04. The van der Waals surface area contributed by atoms with Crippen molar-refractivity contribution >= 4 is 22.6 Å². The lowest BCUT2D eigenvalue weighted by molar-refractivity contribution is 0.542. The van der Waals surface area contributed by atoms with Crippen LogP contribution in [0.2, 0.25) is 0 Å². The zero-order valence-corrected chi connectivity index (χ0v) is 12.7. The van der Waals surface area contributed by atoms with E-state index >= 15 is 0 Å². The maximum absolute atomic E-state index is 10.5. The fourth-order valence-corrected chi connectivity index (χ4v) is 2.35. The molecule has 0 aliphatic rings. The minimum absolute atomic E-state index is 0.538. The second kappa shape index (κ2) is 8.17. The van der Waals surface area contributed by atoms with Crippen LogP contribution < -0.4 is 10.0 Å². The summed E-state index contributed by atoms with van der Waals surface area (Å²) in [5.41, 5.74) is 3.37. The first-order valence-corrected chi connectivity index (χ1v) is 7.94. The Balaban J connectivity index is 1.74. The van der Waals surface area contributed by atoms with Gasteiger partial charge in [0.15, 0.2) is 0 Å². The number of nitrogens with one attached hydrogen (secondary N) is 2. The van der Waals surface area contributed by atoms with Gasteiger partial charge in [-0.15, -0.1) is 0 Å². The molecule has 0 saturated heterocycles. The average Bonchev–Trinajstić information content (AvgIpc) is 2.53. The Kier molecular flexibility index (Phi) is 5.95. The van der Waals surface area contributed by atoms with E-state index in [0.29, 0.717) is 11.3 Å². The van der Waals surface area contributed by atoms with E-state index in [-0.39, 0.29) is 0 Å². The van der Waals surface area contributed by atoms with Crippen molar-refractivity contribution in [1.29, 1.82) is 5.26 Å². The van der Waals surface area contributed by atoms with Crippen LogP contribution in [0.15, 0.2) is 48.5 Å². The molecule has 0 radical (unpaired) electrons. The molecule has 0 aliphatic heterocycles. The largest absolute Gasteiger partial charge is 0.755 e. The van der Waals surface area contributed by atoms with E-state index in [2.05, 4.69) is 16.1 Å². The maximum Gasteiger partial charge on any atom is 0.0991 e. The third kappa shape index (κ3) is 5.20. The zero-order chi connectivity index (χ0) is 15.8. The number of hydrogen-bond donors (Lipinski definition) is 2. The van der Waals surface area contributed by atoms with Crippen LogP contribution in [0.25, 0.3) is 0 Å². The first-order chi connectivity index (χ1) is 10.7. The number of benzene rings is 2.